The van der Waals surface area contributed by atoms with Crippen LogP contribution in [0.5, 0.6) is 0 Å². The van der Waals surface area contributed by atoms with E-state index in [0.29, 0.717) is 12.2 Å². The number of hydrogen-bond donors (Lipinski definition) is 0. The lowest BCUT2D eigenvalue weighted by Crippen LogP contribution is -2.41. The van der Waals surface area contributed by atoms with Crippen molar-refractivity contribution in [3.63, 3.8) is 0 Å². The highest BCUT2D eigenvalue weighted by atomic mass is 16.1. The van der Waals surface area contributed by atoms with Crippen LogP contribution in [0.4, 0.5) is 0 Å². The molecule has 1 aliphatic carbocycles. The zero-order valence-corrected chi connectivity index (χ0v) is 17.9. The number of aromatic nitrogens is 1. The summed E-state index contributed by atoms with van der Waals surface area (Å²) in [6, 6.07) is 19.2. The molecule has 1 heterocycles. The van der Waals surface area contributed by atoms with E-state index in [0.717, 1.165) is 38.6 Å². The third kappa shape index (κ3) is 3.64. The van der Waals surface area contributed by atoms with Gasteiger partial charge in [-0.25, -0.2) is 0 Å². The third-order valence-electron chi connectivity index (χ3n) is 6.74. The second kappa shape index (κ2) is 8.16. The highest BCUT2D eigenvalue weighted by Crippen LogP contribution is 2.42. The number of benzene rings is 2. The second-order valence-corrected chi connectivity index (χ2v) is 8.81. The fourth-order valence-corrected chi connectivity index (χ4v) is 5.11. The smallest absolute Gasteiger partial charge is 0.143 e. The Morgan fingerprint density at radius 3 is 2.45 bits per heavy atom. The number of carbonyl (C=O) groups is 1. The molecule has 0 amide bonds. The number of rotatable bonds is 6. The monoisotopic (exact) mass is 388 g/mol. The normalized spacial score (nSPS) is 19.9. The summed E-state index contributed by atoms with van der Waals surface area (Å²) in [7, 11) is 6.42. The molecular formula is C26H32N2O. The summed E-state index contributed by atoms with van der Waals surface area (Å²) < 4.78 is 2.35. The molecule has 152 valence electrons. The van der Waals surface area contributed by atoms with Crippen molar-refractivity contribution in [3.8, 4) is 0 Å². The van der Waals surface area contributed by atoms with Gasteiger partial charge in [0.2, 0.25) is 0 Å². The number of aryl methyl sites for hydroxylation is 1. The lowest BCUT2D eigenvalue weighted by atomic mass is 9.65. The Bertz CT molecular complexity index is 1000. The van der Waals surface area contributed by atoms with Crippen LogP contribution in [0, 0.1) is 0 Å². The van der Waals surface area contributed by atoms with Crippen molar-refractivity contribution >= 4 is 16.7 Å². The van der Waals surface area contributed by atoms with Gasteiger partial charge in [0.1, 0.15) is 5.78 Å². The third-order valence-corrected chi connectivity index (χ3v) is 6.74. The van der Waals surface area contributed by atoms with Crippen LogP contribution in [0.1, 0.15) is 42.5 Å². The molecule has 0 aliphatic heterocycles. The predicted molar refractivity (Wildman–Crippen MR) is 120 cm³/mol. The molecule has 3 heteroatoms. The molecule has 29 heavy (non-hydrogen) atoms. The van der Waals surface area contributed by atoms with Crippen molar-refractivity contribution in [2.45, 2.75) is 43.9 Å². The number of ketones is 1. The average Bonchev–Trinajstić information content (AvgIpc) is 3.00. The minimum absolute atomic E-state index is 0.392. The summed E-state index contributed by atoms with van der Waals surface area (Å²) in [6.45, 7) is 1.00. The van der Waals surface area contributed by atoms with Gasteiger partial charge in [0.25, 0.3) is 0 Å². The Balaban J connectivity index is 1.86. The fraction of sp³-hybridized carbons (Fsp3) is 0.423. The van der Waals surface area contributed by atoms with Gasteiger partial charge in [-0.15, -0.1) is 0 Å². The molecule has 1 unspecified atom stereocenters. The van der Waals surface area contributed by atoms with Gasteiger partial charge in [-0.3, -0.25) is 4.79 Å². The molecule has 3 aromatic rings. The van der Waals surface area contributed by atoms with Crippen molar-refractivity contribution in [1.82, 2.24) is 9.47 Å². The molecular weight excluding hydrogens is 356 g/mol. The van der Waals surface area contributed by atoms with Crippen LogP contribution in [0.15, 0.2) is 54.6 Å². The van der Waals surface area contributed by atoms with Crippen LogP contribution in [-0.2, 0) is 30.1 Å². The van der Waals surface area contributed by atoms with E-state index in [2.05, 4.69) is 79.1 Å². The largest absolute Gasteiger partial charge is 0.347 e. The number of nitrogens with zero attached hydrogens (tertiary/aromatic N) is 2. The predicted octanol–water partition coefficient (Wildman–Crippen LogP) is 4.91. The molecule has 1 fully saturated rings. The van der Waals surface area contributed by atoms with Gasteiger partial charge in [-0.05, 0) is 50.6 Å². The molecule has 0 radical (unpaired) electrons. The van der Waals surface area contributed by atoms with E-state index in [4.69, 9.17) is 0 Å². The molecule has 2 aromatic carbocycles. The first-order valence-corrected chi connectivity index (χ1v) is 10.8. The lowest BCUT2D eigenvalue weighted by Gasteiger charge is -2.37. The van der Waals surface area contributed by atoms with Gasteiger partial charge in [0, 0.05) is 43.0 Å². The Kier molecular flexibility index (Phi) is 5.60. The maximum atomic E-state index is 13.4. The van der Waals surface area contributed by atoms with Gasteiger partial charge >= 0.3 is 0 Å². The summed E-state index contributed by atoms with van der Waals surface area (Å²) in [5, 5.41) is 1.30. The van der Waals surface area contributed by atoms with E-state index in [1.54, 1.807) is 0 Å². The molecule has 4 rings (SSSR count). The quantitative estimate of drug-likeness (QED) is 0.600. The van der Waals surface area contributed by atoms with Gasteiger partial charge in [0.05, 0.1) is 5.41 Å². The Labute approximate surface area is 174 Å². The summed E-state index contributed by atoms with van der Waals surface area (Å²) in [5.41, 5.74) is 4.80. The standard InChI is InChI=1S/C26H32N2O/c1-27(2)18-16-24-22(21-13-7-8-14-23(21)28(24)3)19-26(17-10-9-15-25(26)29)20-11-5-4-6-12-20/h4-8,11-14H,9-10,15-19H2,1-3H3. The van der Waals surface area contributed by atoms with Crippen molar-refractivity contribution in [2.75, 3.05) is 20.6 Å². The first kappa shape index (κ1) is 19.9. The topological polar surface area (TPSA) is 25.2 Å². The number of likely N-dealkylation sites (N-methyl/N-ethyl adjacent to an activating group) is 1. The number of carbonyl (C=O) groups excluding carboxylic acids is 1. The summed E-state index contributed by atoms with van der Waals surface area (Å²) in [5.74, 6) is 0.418. The molecule has 3 nitrogen and oxygen atoms in total. The van der Waals surface area contributed by atoms with Crippen molar-refractivity contribution in [3.05, 3.63) is 71.4 Å². The number of para-hydroxylation sites is 1. The SMILES string of the molecule is CN(C)CCc1c(CC2(c3ccccc3)CCCCC2=O)c2ccccc2n1C. The van der Waals surface area contributed by atoms with Crippen LogP contribution in [0.25, 0.3) is 10.9 Å². The zero-order chi connectivity index (χ0) is 20.4. The van der Waals surface area contributed by atoms with Crippen LogP contribution in [-0.4, -0.2) is 35.9 Å². The lowest BCUT2D eigenvalue weighted by molar-refractivity contribution is -0.126. The van der Waals surface area contributed by atoms with Gasteiger partial charge in [-0.2, -0.15) is 0 Å². The molecule has 0 N–H and O–H groups in total. The summed E-state index contributed by atoms with van der Waals surface area (Å²) >= 11 is 0. The minimum atomic E-state index is -0.392. The fourth-order valence-electron chi connectivity index (χ4n) is 5.11. The van der Waals surface area contributed by atoms with Crippen LogP contribution in [0.2, 0.25) is 0 Å². The molecule has 0 saturated heterocycles. The minimum Gasteiger partial charge on any atom is -0.347 e. The van der Waals surface area contributed by atoms with E-state index < -0.39 is 5.41 Å². The summed E-state index contributed by atoms with van der Waals surface area (Å²) in [4.78, 5) is 15.7. The number of fused-ring (bicyclic) bond motifs is 1. The second-order valence-electron chi connectivity index (χ2n) is 8.81. The Morgan fingerprint density at radius 2 is 1.72 bits per heavy atom. The van der Waals surface area contributed by atoms with Crippen LogP contribution < -0.4 is 0 Å². The van der Waals surface area contributed by atoms with Gasteiger partial charge in [-0.1, -0.05) is 55.0 Å². The molecule has 1 aliphatic rings. The van der Waals surface area contributed by atoms with Crippen LogP contribution >= 0.6 is 0 Å². The zero-order valence-electron chi connectivity index (χ0n) is 17.9. The Hall–Kier alpha value is -2.39. The van der Waals surface area contributed by atoms with Gasteiger partial charge in [0.15, 0.2) is 0 Å². The van der Waals surface area contributed by atoms with E-state index in [-0.39, 0.29) is 0 Å². The maximum Gasteiger partial charge on any atom is 0.143 e. The molecule has 0 spiro atoms. The highest BCUT2D eigenvalue weighted by Gasteiger charge is 2.42. The maximum absolute atomic E-state index is 13.4. The number of hydrogen-bond acceptors (Lipinski definition) is 2. The van der Waals surface area contributed by atoms with Crippen molar-refractivity contribution < 1.29 is 4.79 Å². The Morgan fingerprint density at radius 1 is 1.00 bits per heavy atom. The van der Waals surface area contributed by atoms with Crippen molar-refractivity contribution in [2.24, 2.45) is 7.05 Å². The summed E-state index contributed by atoms with van der Waals surface area (Å²) in [6.07, 6.45) is 5.60. The first-order chi connectivity index (χ1) is 14.0. The van der Waals surface area contributed by atoms with E-state index >= 15 is 0 Å². The van der Waals surface area contributed by atoms with Crippen molar-refractivity contribution in [1.29, 1.82) is 0 Å². The average molecular weight is 389 g/mol. The first-order valence-electron chi connectivity index (χ1n) is 10.8. The number of Topliss-reactive ketones (excluding diaryl/α,β-unsaturated/α-hetero) is 1. The molecule has 1 atom stereocenters. The molecule has 1 aromatic heterocycles. The highest BCUT2D eigenvalue weighted by molar-refractivity contribution is 5.93. The van der Waals surface area contributed by atoms with E-state index in [1.807, 2.05) is 6.07 Å². The molecule has 1 saturated carbocycles. The molecule has 0 bridgehead atoms. The van der Waals surface area contributed by atoms with Gasteiger partial charge < -0.3 is 9.47 Å². The van der Waals surface area contributed by atoms with Crippen LogP contribution in [0.3, 0.4) is 0 Å². The van der Waals surface area contributed by atoms with E-state index in [9.17, 15) is 4.79 Å². The van der Waals surface area contributed by atoms with E-state index in [1.165, 1.54) is 27.7 Å².